The van der Waals surface area contributed by atoms with Crippen LogP contribution in [-0.4, -0.2) is 57.3 Å². The number of allylic oxidation sites excluding steroid dienone is 6. The van der Waals surface area contributed by atoms with Gasteiger partial charge >= 0.3 is 0 Å². The Morgan fingerprint density at radius 1 is 0.375 bits per heavy atom. The minimum atomic E-state index is -1.29. The molecule has 0 aliphatic rings. The normalized spacial score (nSPS) is 14.0. The van der Waals surface area contributed by atoms with E-state index < -0.39 is 36.9 Å². The Morgan fingerprint density at radius 3 is 0.984 bits per heavy atom. The van der Waals surface area contributed by atoms with Gasteiger partial charge in [-0.05, 0) is 77.0 Å². The number of carbonyl (C=O) groups is 1. The van der Waals surface area contributed by atoms with Crippen LogP contribution >= 0.6 is 0 Å². The number of amides is 1. The Labute approximate surface area is 398 Å². The van der Waals surface area contributed by atoms with Gasteiger partial charge in [0, 0.05) is 0 Å². The van der Waals surface area contributed by atoms with Crippen molar-refractivity contribution in [3.63, 3.8) is 0 Å². The van der Waals surface area contributed by atoms with E-state index in [4.69, 9.17) is 0 Å². The summed E-state index contributed by atoms with van der Waals surface area (Å²) in [6.07, 6.45) is 65.1. The standard InChI is InChI=1S/C58H111NO5/c1-3-5-7-9-11-13-15-17-19-21-22-23-24-25-26-27-28-29-30-31-32-33-34-35-36-38-39-41-43-45-47-49-51-55(61)57(63)54(53-60)59-58(64)56(62)52-50-48-46-44-42-40-37-20-18-16-14-12-10-8-6-4-2/h18,20,36,38,43,45,54-57,60-63H,3-17,19,21-35,37,39-42,44,46-53H2,1-2H3,(H,59,64)/b20-18-,38-36+,45-43+. The van der Waals surface area contributed by atoms with Gasteiger partial charge in [-0.1, -0.05) is 256 Å². The van der Waals surface area contributed by atoms with Crippen molar-refractivity contribution in [1.82, 2.24) is 5.32 Å². The van der Waals surface area contributed by atoms with E-state index >= 15 is 0 Å². The quantitative estimate of drug-likeness (QED) is 0.0309. The van der Waals surface area contributed by atoms with Gasteiger partial charge in [-0.3, -0.25) is 4.79 Å². The maximum absolute atomic E-state index is 12.6. The van der Waals surface area contributed by atoms with Gasteiger partial charge in [0.25, 0.3) is 0 Å². The SMILES string of the molecule is CCCCCCCC/C=C\CCCCCCCCC(O)C(=O)NC(CO)C(O)C(O)CCC/C=C/CC/C=C/CCCCCCCCCCCCCCCCCCCCCCCCC. The third-order valence-electron chi connectivity index (χ3n) is 13.3. The van der Waals surface area contributed by atoms with Crippen molar-refractivity contribution in [1.29, 1.82) is 0 Å². The lowest BCUT2D eigenvalue weighted by atomic mass is 10.00. The maximum atomic E-state index is 12.6. The predicted octanol–water partition coefficient (Wildman–Crippen LogP) is 16.4. The molecule has 0 heterocycles. The van der Waals surface area contributed by atoms with Crippen LogP contribution in [0, 0.1) is 0 Å². The molecule has 378 valence electrons. The van der Waals surface area contributed by atoms with E-state index in [1.807, 2.05) is 0 Å². The van der Waals surface area contributed by atoms with Gasteiger partial charge in [-0.25, -0.2) is 0 Å². The summed E-state index contributed by atoms with van der Waals surface area (Å²) in [6.45, 7) is 4.05. The number of aliphatic hydroxyl groups is 4. The van der Waals surface area contributed by atoms with Crippen LogP contribution in [0.25, 0.3) is 0 Å². The monoisotopic (exact) mass is 902 g/mol. The third-order valence-corrected chi connectivity index (χ3v) is 13.3. The zero-order valence-electron chi connectivity index (χ0n) is 42.8. The molecule has 1 amide bonds. The van der Waals surface area contributed by atoms with Crippen molar-refractivity contribution in [2.75, 3.05) is 6.61 Å². The van der Waals surface area contributed by atoms with Crippen LogP contribution in [0.3, 0.4) is 0 Å². The van der Waals surface area contributed by atoms with Gasteiger partial charge in [-0.15, -0.1) is 0 Å². The highest BCUT2D eigenvalue weighted by Crippen LogP contribution is 2.17. The van der Waals surface area contributed by atoms with E-state index in [1.54, 1.807) is 0 Å². The maximum Gasteiger partial charge on any atom is 0.249 e. The summed E-state index contributed by atoms with van der Waals surface area (Å²) in [4.78, 5) is 12.6. The van der Waals surface area contributed by atoms with E-state index in [0.29, 0.717) is 19.3 Å². The molecular formula is C58H111NO5. The van der Waals surface area contributed by atoms with E-state index in [0.717, 1.165) is 51.4 Å². The van der Waals surface area contributed by atoms with Crippen molar-refractivity contribution >= 4 is 5.91 Å². The lowest BCUT2D eigenvalue weighted by molar-refractivity contribution is -0.132. The highest BCUT2D eigenvalue weighted by Gasteiger charge is 2.28. The van der Waals surface area contributed by atoms with Crippen molar-refractivity contribution in [3.8, 4) is 0 Å². The van der Waals surface area contributed by atoms with E-state index in [-0.39, 0.29) is 0 Å². The number of aliphatic hydroxyl groups excluding tert-OH is 4. The average molecular weight is 903 g/mol. The first kappa shape index (κ1) is 62.5. The molecule has 0 rings (SSSR count). The Balaban J connectivity index is 3.64. The van der Waals surface area contributed by atoms with E-state index in [2.05, 4.69) is 55.6 Å². The molecule has 6 heteroatoms. The Hall–Kier alpha value is -1.47. The van der Waals surface area contributed by atoms with Crippen LogP contribution < -0.4 is 5.32 Å². The summed E-state index contributed by atoms with van der Waals surface area (Å²) < 4.78 is 0. The number of hydrogen-bond donors (Lipinski definition) is 5. The smallest absolute Gasteiger partial charge is 0.249 e. The molecule has 0 aliphatic heterocycles. The Morgan fingerprint density at radius 2 is 0.656 bits per heavy atom. The van der Waals surface area contributed by atoms with Crippen molar-refractivity contribution in [2.24, 2.45) is 0 Å². The second kappa shape index (κ2) is 52.5. The molecule has 6 nitrogen and oxygen atoms in total. The highest BCUT2D eigenvalue weighted by molar-refractivity contribution is 5.80. The first-order valence-electron chi connectivity index (χ1n) is 28.4. The summed E-state index contributed by atoms with van der Waals surface area (Å²) in [7, 11) is 0. The topological polar surface area (TPSA) is 110 Å². The summed E-state index contributed by atoms with van der Waals surface area (Å²) in [6, 6.07) is -1.01. The second-order valence-corrected chi connectivity index (χ2v) is 19.6. The van der Waals surface area contributed by atoms with Crippen LogP contribution in [0.2, 0.25) is 0 Å². The summed E-state index contributed by atoms with van der Waals surface area (Å²) in [5.41, 5.74) is 0. The number of unbranched alkanes of at least 4 members (excludes halogenated alkanes) is 37. The lowest BCUT2D eigenvalue weighted by Crippen LogP contribution is -2.53. The minimum Gasteiger partial charge on any atom is -0.394 e. The van der Waals surface area contributed by atoms with Crippen LogP contribution in [0.15, 0.2) is 36.5 Å². The third kappa shape index (κ3) is 45.7. The molecule has 0 spiro atoms. The number of carbonyl (C=O) groups excluding carboxylic acids is 1. The first-order chi connectivity index (χ1) is 31.5. The highest BCUT2D eigenvalue weighted by atomic mass is 16.3. The van der Waals surface area contributed by atoms with Crippen molar-refractivity contribution in [2.45, 2.75) is 321 Å². The zero-order chi connectivity index (χ0) is 46.7. The Kier molecular flexibility index (Phi) is 51.3. The second-order valence-electron chi connectivity index (χ2n) is 19.6. The summed E-state index contributed by atoms with van der Waals surface area (Å²) >= 11 is 0. The lowest BCUT2D eigenvalue weighted by Gasteiger charge is -2.27. The van der Waals surface area contributed by atoms with Gasteiger partial charge in [-0.2, -0.15) is 0 Å². The molecule has 64 heavy (non-hydrogen) atoms. The van der Waals surface area contributed by atoms with Crippen LogP contribution in [0.4, 0.5) is 0 Å². The molecule has 0 saturated heterocycles. The van der Waals surface area contributed by atoms with Gasteiger partial charge in [0.15, 0.2) is 0 Å². The van der Waals surface area contributed by atoms with Gasteiger partial charge < -0.3 is 25.7 Å². The summed E-state index contributed by atoms with van der Waals surface area (Å²) in [5.74, 6) is -0.601. The number of hydrogen-bond acceptors (Lipinski definition) is 5. The predicted molar refractivity (Wildman–Crippen MR) is 279 cm³/mol. The largest absolute Gasteiger partial charge is 0.394 e. The van der Waals surface area contributed by atoms with Gasteiger partial charge in [0.05, 0.1) is 18.8 Å². The van der Waals surface area contributed by atoms with Crippen LogP contribution in [0.1, 0.15) is 296 Å². The fourth-order valence-corrected chi connectivity index (χ4v) is 8.83. The molecule has 0 bridgehead atoms. The summed E-state index contributed by atoms with van der Waals surface area (Å²) in [5, 5.41) is 43.9. The molecule has 5 N–H and O–H groups in total. The van der Waals surface area contributed by atoms with Crippen LogP contribution in [0.5, 0.6) is 0 Å². The van der Waals surface area contributed by atoms with Gasteiger partial charge in [0.1, 0.15) is 12.2 Å². The van der Waals surface area contributed by atoms with Crippen molar-refractivity contribution in [3.05, 3.63) is 36.5 Å². The molecule has 4 atom stereocenters. The number of rotatable bonds is 52. The molecule has 4 unspecified atom stereocenters. The van der Waals surface area contributed by atoms with Gasteiger partial charge in [0.2, 0.25) is 5.91 Å². The minimum absolute atomic E-state index is 0.353. The average Bonchev–Trinajstić information content (AvgIpc) is 3.30. The van der Waals surface area contributed by atoms with Crippen molar-refractivity contribution < 1.29 is 25.2 Å². The molecule has 0 aromatic carbocycles. The molecular weight excluding hydrogens is 791 g/mol. The molecule has 0 saturated carbocycles. The number of nitrogens with one attached hydrogen (secondary N) is 1. The molecule has 0 fully saturated rings. The first-order valence-corrected chi connectivity index (χ1v) is 28.4. The Bertz CT molecular complexity index is 1010. The molecule has 0 aliphatic carbocycles. The van der Waals surface area contributed by atoms with Crippen LogP contribution in [-0.2, 0) is 4.79 Å². The fraction of sp³-hybridized carbons (Fsp3) is 0.879. The molecule has 0 aromatic rings. The van der Waals surface area contributed by atoms with E-state index in [9.17, 15) is 25.2 Å². The zero-order valence-corrected chi connectivity index (χ0v) is 42.8. The fourth-order valence-electron chi connectivity index (χ4n) is 8.83. The molecule has 0 aromatic heterocycles. The van der Waals surface area contributed by atoms with E-state index in [1.165, 1.54) is 212 Å². The molecule has 0 radical (unpaired) electrons.